The molecule has 3 aliphatic carbocycles. The van der Waals surface area contributed by atoms with Crippen molar-refractivity contribution >= 4 is 17.7 Å². The van der Waals surface area contributed by atoms with Gasteiger partial charge in [-0.2, -0.15) is 0 Å². The fourth-order valence-corrected chi connectivity index (χ4v) is 5.24. The van der Waals surface area contributed by atoms with E-state index in [0.29, 0.717) is 5.41 Å². The molecular formula is C26H32N2O3. The Balaban J connectivity index is 1.40. The fraction of sp³-hybridized carbons (Fsp3) is 0.462. The fourth-order valence-electron chi connectivity index (χ4n) is 5.24. The SMILES string of the molecule is CCOC(=O)N[C@H](CC(=O)Nc1ccc(C23CCC(CC2)CC3)cc1)c1ccccc1. The quantitative estimate of drug-likeness (QED) is 0.601. The van der Waals surface area contributed by atoms with Crippen LogP contribution in [0.15, 0.2) is 54.6 Å². The standard InChI is InChI=1S/C26H32N2O3/c1-2-31-25(30)28-23(20-6-4-3-5-7-20)18-24(29)27-22-10-8-21(9-11-22)26-15-12-19(13-16-26)14-17-26/h3-11,19,23H,2,12-18H2,1H3,(H,27,29)(H,28,30)/t19?,23-,26?/m1/s1. The monoisotopic (exact) mass is 420 g/mol. The molecule has 2 N–H and O–H groups in total. The number of rotatable bonds is 7. The van der Waals surface area contributed by atoms with Crippen molar-refractivity contribution in [3.05, 3.63) is 65.7 Å². The van der Waals surface area contributed by atoms with Crippen molar-refractivity contribution in [3.63, 3.8) is 0 Å². The summed E-state index contributed by atoms with van der Waals surface area (Å²) in [5, 5.41) is 5.78. The van der Waals surface area contributed by atoms with Gasteiger partial charge in [0.1, 0.15) is 0 Å². The summed E-state index contributed by atoms with van der Waals surface area (Å²) in [4.78, 5) is 24.7. The highest BCUT2D eigenvalue weighted by molar-refractivity contribution is 5.91. The maximum Gasteiger partial charge on any atom is 0.407 e. The molecule has 0 heterocycles. The van der Waals surface area contributed by atoms with Crippen LogP contribution in [0.2, 0.25) is 0 Å². The van der Waals surface area contributed by atoms with E-state index in [1.54, 1.807) is 6.92 Å². The molecule has 2 amide bonds. The van der Waals surface area contributed by atoms with Crippen molar-refractivity contribution in [2.45, 2.75) is 63.3 Å². The number of anilines is 1. The second-order valence-corrected chi connectivity index (χ2v) is 8.92. The Kier molecular flexibility index (Phi) is 6.59. The normalized spacial score (nSPS) is 23.1. The average molecular weight is 421 g/mol. The minimum Gasteiger partial charge on any atom is -0.450 e. The summed E-state index contributed by atoms with van der Waals surface area (Å²) in [5.41, 5.74) is 3.42. The summed E-state index contributed by atoms with van der Waals surface area (Å²) < 4.78 is 5.01. The number of benzene rings is 2. The average Bonchev–Trinajstić information content (AvgIpc) is 2.81. The molecule has 0 spiro atoms. The van der Waals surface area contributed by atoms with Crippen LogP contribution in [0.5, 0.6) is 0 Å². The highest BCUT2D eigenvalue weighted by atomic mass is 16.5. The summed E-state index contributed by atoms with van der Waals surface area (Å²) in [7, 11) is 0. The molecule has 1 atom stereocenters. The van der Waals surface area contributed by atoms with Crippen LogP contribution < -0.4 is 10.6 Å². The molecule has 5 rings (SSSR count). The minimum absolute atomic E-state index is 0.135. The van der Waals surface area contributed by atoms with E-state index in [4.69, 9.17) is 4.74 Å². The molecule has 5 heteroatoms. The third-order valence-electron chi connectivity index (χ3n) is 7.03. The minimum atomic E-state index is -0.519. The number of fused-ring (bicyclic) bond motifs is 3. The molecule has 0 saturated heterocycles. The van der Waals surface area contributed by atoms with E-state index in [9.17, 15) is 9.59 Å². The molecule has 3 saturated carbocycles. The lowest BCUT2D eigenvalue weighted by molar-refractivity contribution is -0.116. The molecule has 3 aliphatic rings. The second kappa shape index (κ2) is 9.54. The van der Waals surface area contributed by atoms with E-state index in [1.165, 1.54) is 44.1 Å². The van der Waals surface area contributed by atoms with Crippen molar-refractivity contribution in [3.8, 4) is 0 Å². The summed E-state index contributed by atoms with van der Waals surface area (Å²) in [6.07, 6.45) is 7.56. The van der Waals surface area contributed by atoms with Gasteiger partial charge in [0, 0.05) is 5.69 Å². The van der Waals surface area contributed by atoms with Crippen LogP contribution in [-0.2, 0) is 14.9 Å². The highest BCUT2D eigenvalue weighted by Gasteiger charge is 2.41. The lowest BCUT2D eigenvalue weighted by Crippen LogP contribution is -2.37. The number of nitrogens with one attached hydrogen (secondary N) is 2. The summed E-state index contributed by atoms with van der Waals surface area (Å²) in [5.74, 6) is 0.802. The van der Waals surface area contributed by atoms with Gasteiger partial charge in [-0.25, -0.2) is 4.79 Å². The molecule has 0 aromatic heterocycles. The molecule has 0 aliphatic heterocycles. The first kappa shape index (κ1) is 21.4. The Morgan fingerprint density at radius 1 is 1.00 bits per heavy atom. The molecule has 31 heavy (non-hydrogen) atoms. The van der Waals surface area contributed by atoms with Crippen LogP contribution in [0.25, 0.3) is 0 Å². The molecule has 3 fully saturated rings. The maximum atomic E-state index is 12.7. The molecule has 2 aromatic rings. The van der Waals surface area contributed by atoms with Crippen LogP contribution in [0.1, 0.15) is 69.0 Å². The van der Waals surface area contributed by atoms with E-state index in [0.717, 1.165) is 17.2 Å². The van der Waals surface area contributed by atoms with Crippen LogP contribution in [0, 0.1) is 5.92 Å². The zero-order chi connectivity index (χ0) is 21.7. The number of hydrogen-bond donors (Lipinski definition) is 2. The number of alkyl carbamates (subject to hydrolysis) is 1. The highest BCUT2D eigenvalue weighted by Crippen LogP contribution is 2.51. The topological polar surface area (TPSA) is 67.4 Å². The summed E-state index contributed by atoms with van der Waals surface area (Å²) in [6.45, 7) is 2.04. The van der Waals surface area contributed by atoms with Crippen LogP contribution >= 0.6 is 0 Å². The van der Waals surface area contributed by atoms with Gasteiger partial charge >= 0.3 is 6.09 Å². The summed E-state index contributed by atoms with van der Waals surface area (Å²) >= 11 is 0. The zero-order valence-electron chi connectivity index (χ0n) is 18.2. The lowest BCUT2D eigenvalue weighted by Gasteiger charge is -2.47. The number of amides is 2. The predicted octanol–water partition coefficient (Wildman–Crippen LogP) is 5.72. The molecule has 2 aromatic carbocycles. The molecule has 0 radical (unpaired) electrons. The third-order valence-corrected chi connectivity index (χ3v) is 7.03. The maximum absolute atomic E-state index is 12.7. The predicted molar refractivity (Wildman–Crippen MR) is 122 cm³/mol. The van der Waals surface area contributed by atoms with Gasteiger partial charge in [-0.05, 0) is 80.0 Å². The van der Waals surface area contributed by atoms with Gasteiger partial charge in [-0.1, -0.05) is 42.5 Å². The lowest BCUT2D eigenvalue weighted by atomic mass is 9.58. The van der Waals surface area contributed by atoms with E-state index in [2.05, 4.69) is 22.8 Å². The molecule has 5 nitrogen and oxygen atoms in total. The van der Waals surface area contributed by atoms with Crippen molar-refractivity contribution in [2.75, 3.05) is 11.9 Å². The molecular weight excluding hydrogens is 388 g/mol. The molecule has 164 valence electrons. The van der Waals surface area contributed by atoms with Gasteiger partial charge in [0.25, 0.3) is 0 Å². The van der Waals surface area contributed by atoms with Gasteiger partial charge in [-0.15, -0.1) is 0 Å². The van der Waals surface area contributed by atoms with Crippen LogP contribution in [-0.4, -0.2) is 18.6 Å². The number of carbonyl (C=O) groups is 2. The molecule has 2 bridgehead atoms. The largest absolute Gasteiger partial charge is 0.450 e. The van der Waals surface area contributed by atoms with Gasteiger partial charge in [-0.3, -0.25) is 4.79 Å². The number of hydrogen-bond acceptors (Lipinski definition) is 3. The van der Waals surface area contributed by atoms with E-state index in [-0.39, 0.29) is 18.9 Å². The Labute approximate surface area is 184 Å². The van der Waals surface area contributed by atoms with E-state index in [1.807, 2.05) is 42.5 Å². The second-order valence-electron chi connectivity index (χ2n) is 8.92. The van der Waals surface area contributed by atoms with Crippen molar-refractivity contribution in [1.82, 2.24) is 5.32 Å². The van der Waals surface area contributed by atoms with Gasteiger partial charge in [0.2, 0.25) is 5.91 Å². The summed E-state index contributed by atoms with van der Waals surface area (Å²) in [6, 6.07) is 17.4. The third kappa shape index (κ3) is 5.09. The first-order valence-electron chi connectivity index (χ1n) is 11.5. The van der Waals surface area contributed by atoms with E-state index >= 15 is 0 Å². The molecule has 0 unspecified atom stereocenters. The van der Waals surface area contributed by atoms with Gasteiger partial charge < -0.3 is 15.4 Å². The smallest absolute Gasteiger partial charge is 0.407 e. The zero-order valence-corrected chi connectivity index (χ0v) is 18.2. The number of ether oxygens (including phenoxy) is 1. The first-order chi connectivity index (χ1) is 15.1. The van der Waals surface area contributed by atoms with Crippen molar-refractivity contribution < 1.29 is 14.3 Å². The Hall–Kier alpha value is -2.82. The Morgan fingerprint density at radius 2 is 1.65 bits per heavy atom. The van der Waals surface area contributed by atoms with Crippen molar-refractivity contribution in [2.24, 2.45) is 5.92 Å². The van der Waals surface area contributed by atoms with Crippen LogP contribution in [0.3, 0.4) is 0 Å². The van der Waals surface area contributed by atoms with Crippen LogP contribution in [0.4, 0.5) is 10.5 Å². The van der Waals surface area contributed by atoms with Gasteiger partial charge in [0.15, 0.2) is 0 Å². The first-order valence-corrected chi connectivity index (χ1v) is 11.5. The van der Waals surface area contributed by atoms with Gasteiger partial charge in [0.05, 0.1) is 19.1 Å². The number of carbonyl (C=O) groups excluding carboxylic acids is 2. The van der Waals surface area contributed by atoms with Crippen molar-refractivity contribution in [1.29, 1.82) is 0 Å². The van der Waals surface area contributed by atoms with E-state index < -0.39 is 12.1 Å². The Morgan fingerprint density at radius 3 is 2.26 bits per heavy atom. The Bertz CT molecular complexity index is 873.